The summed E-state index contributed by atoms with van der Waals surface area (Å²) in [5.74, 6) is 0.772. The summed E-state index contributed by atoms with van der Waals surface area (Å²) in [7, 11) is -1.81. The summed E-state index contributed by atoms with van der Waals surface area (Å²) < 4.78 is 38.9. The number of esters is 1. The third-order valence-corrected chi connectivity index (χ3v) is 4.61. The molecule has 0 bridgehead atoms. The maximum atomic E-state index is 12.2. The molecule has 0 aliphatic rings. The van der Waals surface area contributed by atoms with Gasteiger partial charge in [-0.3, -0.25) is 0 Å². The van der Waals surface area contributed by atoms with E-state index in [0.29, 0.717) is 11.3 Å². The molecule has 2 aromatic rings. The van der Waals surface area contributed by atoms with Crippen molar-refractivity contribution in [1.29, 1.82) is 0 Å². The number of hydrogen-bond acceptors (Lipinski definition) is 6. The number of benzene rings is 2. The number of carbonyl (C=O) groups excluding carboxylic acids is 1. The molecule has 0 radical (unpaired) electrons. The Morgan fingerprint density at radius 3 is 2.24 bits per heavy atom. The van der Waals surface area contributed by atoms with Crippen molar-refractivity contribution in [3.63, 3.8) is 0 Å². The van der Waals surface area contributed by atoms with Crippen LogP contribution in [0.5, 0.6) is 11.5 Å². The summed E-state index contributed by atoms with van der Waals surface area (Å²) >= 11 is 0. The molecule has 0 atom stereocenters. The van der Waals surface area contributed by atoms with E-state index in [1.807, 2.05) is 0 Å². The molecule has 0 N–H and O–H groups in total. The maximum absolute atomic E-state index is 12.2. The highest BCUT2D eigenvalue weighted by Crippen LogP contribution is 2.18. The fourth-order valence-electron chi connectivity index (χ4n) is 2.10. The van der Waals surface area contributed by atoms with Gasteiger partial charge >= 0.3 is 5.97 Å². The van der Waals surface area contributed by atoms with Gasteiger partial charge in [0.2, 0.25) is 0 Å². The Bertz CT molecular complexity index is 840. The third-order valence-electron chi connectivity index (χ3n) is 3.50. The van der Waals surface area contributed by atoms with E-state index < -0.39 is 15.8 Å². The van der Waals surface area contributed by atoms with E-state index in [2.05, 4.69) is 0 Å². The van der Waals surface area contributed by atoms with Gasteiger partial charge in [-0.1, -0.05) is 6.07 Å². The molecular formula is C18H20O6S. The van der Waals surface area contributed by atoms with E-state index in [-0.39, 0.29) is 23.7 Å². The number of sulfone groups is 1. The van der Waals surface area contributed by atoms with Gasteiger partial charge in [-0.25, -0.2) is 13.2 Å². The van der Waals surface area contributed by atoms with E-state index in [1.165, 1.54) is 12.1 Å². The van der Waals surface area contributed by atoms with Crippen LogP contribution in [0.4, 0.5) is 0 Å². The zero-order valence-corrected chi connectivity index (χ0v) is 15.1. The first-order valence-corrected chi connectivity index (χ1v) is 9.45. The fraction of sp³-hybridized carbons (Fsp3) is 0.278. The standard InChI is InChI=1S/C18H20O6S/c1-13-4-9-16(25(3,20)21)12-17(13)18(19)24-11-10-23-15-7-5-14(22-2)6-8-15/h4-9,12H,10-11H2,1-3H3. The second-order valence-corrected chi connectivity index (χ2v) is 7.42. The first kappa shape index (κ1) is 18.8. The first-order valence-electron chi connectivity index (χ1n) is 7.56. The van der Waals surface area contributed by atoms with Crippen LogP contribution in [0.25, 0.3) is 0 Å². The highest BCUT2D eigenvalue weighted by molar-refractivity contribution is 7.90. The minimum Gasteiger partial charge on any atom is -0.497 e. The van der Waals surface area contributed by atoms with Crippen LogP contribution in [-0.4, -0.2) is 41.0 Å². The highest BCUT2D eigenvalue weighted by atomic mass is 32.2. The molecule has 0 heterocycles. The van der Waals surface area contributed by atoms with Gasteiger partial charge in [0.15, 0.2) is 9.84 Å². The van der Waals surface area contributed by atoms with Gasteiger partial charge in [-0.05, 0) is 48.9 Å². The number of carbonyl (C=O) groups is 1. The topological polar surface area (TPSA) is 78.9 Å². The van der Waals surface area contributed by atoms with Crippen LogP contribution >= 0.6 is 0 Å². The second kappa shape index (κ2) is 8.02. The van der Waals surface area contributed by atoms with Crippen LogP contribution in [0.3, 0.4) is 0 Å². The van der Waals surface area contributed by atoms with Crippen molar-refractivity contribution in [2.75, 3.05) is 26.6 Å². The van der Waals surface area contributed by atoms with Crippen LogP contribution in [0.2, 0.25) is 0 Å². The molecule has 0 saturated heterocycles. The largest absolute Gasteiger partial charge is 0.497 e. The Hall–Kier alpha value is -2.54. The highest BCUT2D eigenvalue weighted by Gasteiger charge is 2.15. The van der Waals surface area contributed by atoms with Crippen molar-refractivity contribution in [3.05, 3.63) is 53.6 Å². The number of methoxy groups -OCH3 is 1. The Balaban J connectivity index is 1.91. The van der Waals surface area contributed by atoms with Crippen molar-refractivity contribution in [2.45, 2.75) is 11.8 Å². The average Bonchev–Trinajstić information content (AvgIpc) is 2.58. The molecule has 134 valence electrons. The predicted octanol–water partition coefficient (Wildman–Crippen LogP) is 2.64. The van der Waals surface area contributed by atoms with Crippen molar-refractivity contribution >= 4 is 15.8 Å². The molecule has 2 aromatic carbocycles. The normalized spacial score (nSPS) is 11.0. The molecule has 6 nitrogen and oxygen atoms in total. The Morgan fingerprint density at radius 2 is 1.64 bits per heavy atom. The van der Waals surface area contributed by atoms with Gasteiger partial charge in [0, 0.05) is 6.26 Å². The molecule has 2 rings (SSSR count). The van der Waals surface area contributed by atoms with E-state index in [1.54, 1.807) is 44.4 Å². The van der Waals surface area contributed by atoms with E-state index in [4.69, 9.17) is 14.2 Å². The Labute approximate surface area is 147 Å². The molecule has 0 amide bonds. The van der Waals surface area contributed by atoms with Crippen molar-refractivity contribution in [1.82, 2.24) is 0 Å². The molecule has 7 heteroatoms. The van der Waals surface area contributed by atoms with Crippen LogP contribution in [-0.2, 0) is 14.6 Å². The molecule has 0 spiro atoms. The summed E-state index contributed by atoms with van der Waals surface area (Å²) in [4.78, 5) is 12.2. The van der Waals surface area contributed by atoms with E-state index in [9.17, 15) is 13.2 Å². The molecular weight excluding hydrogens is 344 g/mol. The average molecular weight is 364 g/mol. The smallest absolute Gasteiger partial charge is 0.338 e. The summed E-state index contributed by atoms with van der Waals surface area (Å²) in [6.45, 7) is 1.95. The Kier molecular flexibility index (Phi) is 6.03. The van der Waals surface area contributed by atoms with Crippen molar-refractivity contribution in [2.24, 2.45) is 0 Å². The number of hydrogen-bond donors (Lipinski definition) is 0. The lowest BCUT2D eigenvalue weighted by Gasteiger charge is -2.10. The molecule has 0 aliphatic heterocycles. The minimum absolute atomic E-state index is 0.0490. The molecule has 0 fully saturated rings. The van der Waals surface area contributed by atoms with Crippen molar-refractivity contribution in [3.8, 4) is 11.5 Å². The van der Waals surface area contributed by atoms with Gasteiger partial charge in [-0.2, -0.15) is 0 Å². The van der Waals surface area contributed by atoms with Gasteiger partial charge in [0.1, 0.15) is 24.7 Å². The van der Waals surface area contributed by atoms with Gasteiger partial charge < -0.3 is 14.2 Å². The molecule has 0 unspecified atom stereocenters. The molecule has 25 heavy (non-hydrogen) atoms. The molecule has 0 aromatic heterocycles. The SMILES string of the molecule is COc1ccc(OCCOC(=O)c2cc(S(C)(=O)=O)ccc2C)cc1. The third kappa shape index (κ3) is 5.22. The Morgan fingerprint density at radius 1 is 1.00 bits per heavy atom. The van der Waals surface area contributed by atoms with E-state index >= 15 is 0 Å². The monoisotopic (exact) mass is 364 g/mol. The van der Waals surface area contributed by atoms with Gasteiger partial charge in [0.05, 0.1) is 17.6 Å². The number of rotatable bonds is 7. The zero-order chi connectivity index (χ0) is 18.4. The van der Waals surface area contributed by atoms with E-state index in [0.717, 1.165) is 12.0 Å². The number of ether oxygens (including phenoxy) is 3. The summed E-state index contributed by atoms with van der Waals surface area (Å²) in [5.41, 5.74) is 0.876. The summed E-state index contributed by atoms with van der Waals surface area (Å²) in [6, 6.07) is 11.4. The zero-order valence-electron chi connectivity index (χ0n) is 14.3. The maximum Gasteiger partial charge on any atom is 0.338 e. The van der Waals surface area contributed by atoms with Crippen LogP contribution < -0.4 is 9.47 Å². The second-order valence-electron chi connectivity index (χ2n) is 5.41. The lowest BCUT2D eigenvalue weighted by atomic mass is 10.1. The van der Waals surface area contributed by atoms with Crippen LogP contribution in [0.15, 0.2) is 47.4 Å². The summed E-state index contributed by atoms with van der Waals surface area (Å²) in [5, 5.41) is 0. The van der Waals surface area contributed by atoms with Gasteiger partial charge in [0.25, 0.3) is 0 Å². The molecule has 0 saturated carbocycles. The quantitative estimate of drug-likeness (QED) is 0.555. The van der Waals surface area contributed by atoms with Gasteiger partial charge in [-0.15, -0.1) is 0 Å². The van der Waals surface area contributed by atoms with Crippen molar-refractivity contribution < 1.29 is 27.4 Å². The van der Waals surface area contributed by atoms with Crippen LogP contribution in [0, 0.1) is 6.92 Å². The molecule has 0 aliphatic carbocycles. The first-order chi connectivity index (χ1) is 11.8. The number of aryl methyl sites for hydroxylation is 1. The van der Waals surface area contributed by atoms with Crippen LogP contribution in [0.1, 0.15) is 15.9 Å². The summed E-state index contributed by atoms with van der Waals surface area (Å²) in [6.07, 6.45) is 1.09. The lowest BCUT2D eigenvalue weighted by molar-refractivity contribution is 0.0449. The minimum atomic E-state index is -3.39. The fourth-order valence-corrected chi connectivity index (χ4v) is 2.74. The predicted molar refractivity (Wildman–Crippen MR) is 93.1 cm³/mol. The lowest BCUT2D eigenvalue weighted by Crippen LogP contribution is -2.14.